The molecule has 5 atom stereocenters. The van der Waals surface area contributed by atoms with E-state index in [9.17, 15) is 24.3 Å². The summed E-state index contributed by atoms with van der Waals surface area (Å²) in [4.78, 5) is 47.6. The van der Waals surface area contributed by atoms with Crippen LogP contribution >= 0.6 is 11.6 Å². The van der Waals surface area contributed by atoms with E-state index in [1.165, 1.54) is 26.8 Å². The van der Waals surface area contributed by atoms with E-state index in [-0.39, 0.29) is 31.0 Å². The van der Waals surface area contributed by atoms with Gasteiger partial charge >= 0.3 is 12.1 Å². The van der Waals surface area contributed by atoms with Crippen molar-refractivity contribution in [3.63, 3.8) is 0 Å². The second-order valence-electron chi connectivity index (χ2n) is 12.5. The molecular formula is C35H53ClN4O9. The second kappa shape index (κ2) is 20.1. The van der Waals surface area contributed by atoms with E-state index in [0.29, 0.717) is 48.6 Å². The quantitative estimate of drug-likeness (QED) is 0.180. The number of methoxy groups -OCH3 is 1. The largest absolute Gasteiger partial charge is 0.495 e. The maximum absolute atomic E-state index is 12.9. The number of carboxylic acids is 1. The minimum absolute atomic E-state index is 0.0777. The van der Waals surface area contributed by atoms with Gasteiger partial charge in [-0.2, -0.15) is 0 Å². The lowest BCUT2D eigenvalue weighted by Gasteiger charge is -2.36. The lowest BCUT2D eigenvalue weighted by atomic mass is 9.96. The molecule has 3 aliphatic rings. The zero-order valence-corrected chi connectivity index (χ0v) is 30.4. The Kier molecular flexibility index (Phi) is 17.1. The van der Waals surface area contributed by atoms with Crippen molar-refractivity contribution in [2.45, 2.75) is 102 Å². The lowest BCUT2D eigenvalue weighted by molar-refractivity contribution is -0.144. The van der Waals surface area contributed by atoms with E-state index in [0.717, 1.165) is 22.6 Å². The molecule has 3 aliphatic heterocycles. The third-order valence-electron chi connectivity index (χ3n) is 8.40. The van der Waals surface area contributed by atoms with Crippen molar-refractivity contribution < 1.29 is 43.6 Å². The Morgan fingerprint density at radius 3 is 2.61 bits per heavy atom. The zero-order chi connectivity index (χ0) is 36.7. The first-order chi connectivity index (χ1) is 23.2. The molecule has 0 spiro atoms. The number of unbranched alkanes of at least 4 members (excludes halogenated alkanes) is 1. The Morgan fingerprint density at radius 2 is 2.04 bits per heavy atom. The highest BCUT2D eigenvalue weighted by atomic mass is 35.5. The number of epoxide rings is 1. The normalized spacial score (nSPS) is 25.9. The van der Waals surface area contributed by atoms with Gasteiger partial charge in [0.1, 0.15) is 28.6 Å². The van der Waals surface area contributed by atoms with Gasteiger partial charge in [0.25, 0.3) is 0 Å². The molecule has 13 nitrogen and oxygen atoms in total. The number of nitrogens with one attached hydrogen (secondary N) is 2. The molecule has 1 aromatic rings. The number of allylic oxidation sites excluding steroid dienone is 3. The number of alkyl carbamates (subject to hydrolysis) is 1. The number of halogens is 1. The number of hydrogen-bond donors (Lipinski definition) is 4. The first-order valence-corrected chi connectivity index (χ1v) is 16.9. The Balaban J connectivity index is 0.000000464. The van der Waals surface area contributed by atoms with Gasteiger partial charge < -0.3 is 39.5 Å². The van der Waals surface area contributed by atoms with Gasteiger partial charge in [0.15, 0.2) is 0 Å². The molecular weight excluding hydrogens is 656 g/mol. The average Bonchev–Trinajstić information content (AvgIpc) is 3.81. The third-order valence-corrected chi connectivity index (χ3v) is 8.78. The van der Waals surface area contributed by atoms with E-state index in [1.807, 2.05) is 44.3 Å². The molecule has 0 aliphatic carbocycles. The minimum atomic E-state index is -1.37. The topological polar surface area (TPSA) is 170 Å². The molecule has 1 aromatic carbocycles. The molecule has 274 valence electrons. The Labute approximate surface area is 294 Å². The van der Waals surface area contributed by atoms with Crippen molar-refractivity contribution in [1.29, 1.82) is 0 Å². The van der Waals surface area contributed by atoms with Gasteiger partial charge in [-0.05, 0) is 64.4 Å². The number of rotatable bonds is 7. The molecule has 2 fully saturated rings. The third kappa shape index (κ3) is 13.6. The minimum Gasteiger partial charge on any atom is -0.495 e. The summed E-state index contributed by atoms with van der Waals surface area (Å²) in [5.41, 5.74) is 1.25. The van der Waals surface area contributed by atoms with Gasteiger partial charge in [-0.3, -0.25) is 14.9 Å². The molecule has 4 N–H and O–H groups in total. The van der Waals surface area contributed by atoms with E-state index in [1.54, 1.807) is 19.1 Å². The van der Waals surface area contributed by atoms with Gasteiger partial charge in [0.05, 0.1) is 25.0 Å². The molecule has 3 heterocycles. The lowest BCUT2D eigenvalue weighted by Crippen LogP contribution is -2.56. The van der Waals surface area contributed by atoms with Crippen molar-refractivity contribution in [3.8, 4) is 5.75 Å². The number of aliphatic hydroxyl groups is 1. The number of ether oxygens (including phenoxy) is 3. The standard InChI is InChI=1S/C25H31ClN2O6.C5H9NO3.C5H13N/c1-15-6-4-5-9-25(31)14-17(33-24(30)27-25)13-20-19(34-20)7-8-22(29)28(2)18-11-16(10-15)12-21(32-3)23(18)26;1-4(5(8)9)6(2)3-7;1-3-4-5-6-2/h4-6,11-12,17,19-20,31H,7-10,13-14H2,1-3H3,(H,27,30);3-4H,1-2H3,(H,8,9);6H,3-5H2,1-2H3/b5-4+,15-6+;;/t17?,19?,20?,25-;4-;/m10./s1. The number of amides is 3. The number of carbonyl (C=O) groups is 4. The Hall–Kier alpha value is -3.65. The van der Waals surface area contributed by atoms with Gasteiger partial charge in [0.2, 0.25) is 12.3 Å². The first-order valence-electron chi connectivity index (χ1n) is 16.5. The van der Waals surface area contributed by atoms with Gasteiger partial charge in [0, 0.05) is 39.8 Å². The average molecular weight is 709 g/mol. The van der Waals surface area contributed by atoms with Crippen LogP contribution in [-0.4, -0.2) is 104 Å². The maximum Gasteiger partial charge on any atom is 0.409 e. The summed E-state index contributed by atoms with van der Waals surface area (Å²) in [6.07, 6.45) is 9.94. The highest BCUT2D eigenvalue weighted by molar-refractivity contribution is 6.35. The van der Waals surface area contributed by atoms with Crippen LogP contribution in [0.2, 0.25) is 5.02 Å². The number of hydrogen-bond acceptors (Lipinski definition) is 9. The van der Waals surface area contributed by atoms with Crippen LogP contribution in [0, 0.1) is 0 Å². The van der Waals surface area contributed by atoms with Crippen LogP contribution in [0.25, 0.3) is 0 Å². The number of likely N-dealkylation sites (N-methyl/N-ethyl adjacent to an activating group) is 1. The van der Waals surface area contributed by atoms with E-state index in [4.69, 9.17) is 30.9 Å². The van der Waals surface area contributed by atoms with E-state index in [2.05, 4.69) is 17.6 Å². The van der Waals surface area contributed by atoms with Crippen LogP contribution in [0.15, 0.2) is 35.9 Å². The van der Waals surface area contributed by atoms with E-state index < -0.39 is 29.9 Å². The van der Waals surface area contributed by atoms with Gasteiger partial charge in [-0.1, -0.05) is 48.7 Å². The Morgan fingerprint density at radius 1 is 1.33 bits per heavy atom. The molecule has 4 rings (SSSR count). The summed E-state index contributed by atoms with van der Waals surface area (Å²) in [7, 11) is 6.67. The molecule has 14 heteroatoms. The number of carbonyl (C=O) groups excluding carboxylic acids is 3. The fourth-order valence-electron chi connectivity index (χ4n) is 5.20. The van der Waals surface area contributed by atoms with Crippen LogP contribution in [0.1, 0.15) is 71.3 Å². The summed E-state index contributed by atoms with van der Waals surface area (Å²) in [5.74, 6) is -0.561. The second-order valence-corrected chi connectivity index (χ2v) is 12.9. The van der Waals surface area contributed by atoms with Crippen molar-refractivity contribution >= 4 is 41.7 Å². The summed E-state index contributed by atoms with van der Waals surface area (Å²) >= 11 is 6.54. The predicted octanol–water partition coefficient (Wildman–Crippen LogP) is 4.44. The molecule has 3 unspecified atom stereocenters. The van der Waals surface area contributed by atoms with Crippen LogP contribution in [0.5, 0.6) is 5.75 Å². The summed E-state index contributed by atoms with van der Waals surface area (Å²) in [6, 6.07) is 3.05. The smallest absolute Gasteiger partial charge is 0.409 e. The number of fused-ring (bicyclic) bond motifs is 5. The number of aliphatic carboxylic acids is 1. The van der Waals surface area contributed by atoms with Gasteiger partial charge in [-0.25, -0.2) is 9.59 Å². The number of carboxylic acid groups (broad SMARTS) is 1. The zero-order valence-electron chi connectivity index (χ0n) is 29.7. The molecule has 0 radical (unpaired) electrons. The monoisotopic (exact) mass is 708 g/mol. The van der Waals surface area contributed by atoms with Crippen molar-refractivity contribution in [2.24, 2.45) is 0 Å². The number of benzene rings is 1. The Bertz CT molecular complexity index is 1340. The first kappa shape index (κ1) is 41.5. The molecule has 0 aromatic heterocycles. The summed E-state index contributed by atoms with van der Waals surface area (Å²) in [5, 5.41) is 25.2. The molecule has 2 saturated heterocycles. The van der Waals surface area contributed by atoms with Crippen LogP contribution in [0.4, 0.5) is 10.5 Å². The highest BCUT2D eigenvalue weighted by Crippen LogP contribution is 2.38. The maximum atomic E-state index is 12.9. The van der Waals surface area contributed by atoms with Crippen LogP contribution in [0.3, 0.4) is 0 Å². The van der Waals surface area contributed by atoms with Crippen LogP contribution < -0.4 is 20.3 Å². The van der Waals surface area contributed by atoms with Crippen molar-refractivity contribution in [3.05, 3.63) is 46.5 Å². The predicted molar refractivity (Wildman–Crippen MR) is 188 cm³/mol. The SMILES string of the molecule is CCCCNC.COc1cc2cc(c1Cl)N(C)C(=O)CCC1OC1CC1C[C@](O)(C/C=C/C=C(\C)C2)NC(=O)O1.C[C@@H](C(=O)O)N(C)C=O. The summed E-state index contributed by atoms with van der Waals surface area (Å²) < 4.78 is 16.5. The number of nitrogens with zero attached hydrogens (tertiary/aromatic N) is 2. The summed E-state index contributed by atoms with van der Waals surface area (Å²) in [6.45, 7) is 6.79. The van der Waals surface area contributed by atoms with Gasteiger partial charge in [-0.15, -0.1) is 0 Å². The molecule has 3 amide bonds. The van der Waals surface area contributed by atoms with E-state index >= 15 is 0 Å². The molecule has 4 bridgehead atoms. The molecule has 0 saturated carbocycles. The van der Waals surface area contributed by atoms with Crippen molar-refractivity contribution in [1.82, 2.24) is 15.5 Å². The van der Waals surface area contributed by atoms with Crippen LogP contribution in [-0.2, 0) is 30.3 Å². The highest BCUT2D eigenvalue weighted by Gasteiger charge is 2.45. The fourth-order valence-corrected chi connectivity index (χ4v) is 5.51. The molecule has 49 heavy (non-hydrogen) atoms. The number of anilines is 1. The fraction of sp³-hybridized carbons (Fsp3) is 0.600. The van der Waals surface area contributed by atoms with Crippen molar-refractivity contribution in [2.75, 3.05) is 39.7 Å².